The number of halogens is 1. The highest BCUT2D eigenvalue weighted by Crippen LogP contribution is 2.34. The van der Waals surface area contributed by atoms with Gasteiger partial charge in [0.05, 0.1) is 27.9 Å². The third-order valence-corrected chi connectivity index (χ3v) is 10.6. The van der Waals surface area contributed by atoms with Crippen molar-refractivity contribution in [1.82, 2.24) is 7.94 Å². The van der Waals surface area contributed by atoms with E-state index in [1.54, 1.807) is 72.8 Å². The molecule has 0 radical (unpaired) electrons. The number of methoxy groups -OCH3 is 1. The molecule has 0 fully saturated rings. The van der Waals surface area contributed by atoms with Crippen molar-refractivity contribution in [3.05, 3.63) is 126 Å². The lowest BCUT2D eigenvalue weighted by Gasteiger charge is -2.14. The lowest BCUT2D eigenvalue weighted by Crippen LogP contribution is -2.23. The van der Waals surface area contributed by atoms with Crippen molar-refractivity contribution in [1.29, 1.82) is 0 Å². The molecule has 11 heteroatoms. The third-order valence-electron chi connectivity index (χ3n) is 6.74. The fourth-order valence-corrected chi connectivity index (χ4v) is 8.11. The van der Waals surface area contributed by atoms with Gasteiger partial charge < -0.3 is 4.74 Å². The molecule has 2 aromatic heterocycles. The Morgan fingerprint density at radius 3 is 1.80 bits per heavy atom. The van der Waals surface area contributed by atoms with E-state index >= 15 is 0 Å². The van der Waals surface area contributed by atoms with E-state index in [9.17, 15) is 21.6 Å². The minimum absolute atomic E-state index is 0.0390. The van der Waals surface area contributed by atoms with Crippen LogP contribution in [0.5, 0.6) is 5.75 Å². The number of carbonyl (C=O) groups is 1. The maximum absolute atomic E-state index is 14.4. The zero-order valence-electron chi connectivity index (χ0n) is 21.4. The van der Waals surface area contributed by atoms with Crippen LogP contribution >= 0.6 is 11.6 Å². The molecule has 206 valence electrons. The fraction of sp³-hybridized carbons (Fsp3) is 0.0333. The van der Waals surface area contributed by atoms with E-state index in [4.69, 9.17) is 16.3 Å². The SMILES string of the molecule is COc1ccc2c(c1)cc(C(=O)c1cc3c(Cl)cccc3n1S(=O)(=O)c1ccccc1)n2S(=O)(=O)c1ccccc1. The summed E-state index contributed by atoms with van der Waals surface area (Å²) < 4.78 is 63.1. The van der Waals surface area contributed by atoms with Gasteiger partial charge in [0.2, 0.25) is 5.78 Å². The van der Waals surface area contributed by atoms with Crippen LogP contribution in [0.15, 0.2) is 119 Å². The molecule has 0 spiro atoms. The fourth-order valence-electron chi connectivity index (χ4n) is 4.83. The molecule has 0 aliphatic heterocycles. The Balaban J connectivity index is 1.68. The average Bonchev–Trinajstić information content (AvgIpc) is 3.58. The van der Waals surface area contributed by atoms with Gasteiger partial charge in [-0.2, -0.15) is 0 Å². The largest absolute Gasteiger partial charge is 0.497 e. The normalized spacial score (nSPS) is 12.1. The highest BCUT2D eigenvalue weighted by Gasteiger charge is 2.32. The summed E-state index contributed by atoms with van der Waals surface area (Å²) in [6.07, 6.45) is 0. The van der Waals surface area contributed by atoms with Crippen molar-refractivity contribution in [2.24, 2.45) is 0 Å². The Morgan fingerprint density at radius 1 is 0.659 bits per heavy atom. The van der Waals surface area contributed by atoms with Gasteiger partial charge in [-0.25, -0.2) is 24.8 Å². The number of ether oxygens (including phenoxy) is 1. The van der Waals surface area contributed by atoms with Crippen LogP contribution in [0, 0.1) is 0 Å². The summed E-state index contributed by atoms with van der Waals surface area (Å²) in [5, 5.41) is 0.979. The minimum Gasteiger partial charge on any atom is -0.497 e. The highest BCUT2D eigenvalue weighted by molar-refractivity contribution is 7.90. The number of rotatable bonds is 7. The Morgan fingerprint density at radius 2 is 1.22 bits per heavy atom. The van der Waals surface area contributed by atoms with E-state index in [0.29, 0.717) is 16.5 Å². The van der Waals surface area contributed by atoms with Crippen LogP contribution in [-0.2, 0) is 20.0 Å². The summed E-state index contributed by atoms with van der Waals surface area (Å²) in [6.45, 7) is 0. The maximum atomic E-state index is 14.4. The number of ketones is 1. The Kier molecular flexibility index (Phi) is 6.49. The summed E-state index contributed by atoms with van der Waals surface area (Å²) >= 11 is 6.44. The summed E-state index contributed by atoms with van der Waals surface area (Å²) in [6, 6.07) is 27.6. The van der Waals surface area contributed by atoms with Gasteiger partial charge in [-0.05, 0) is 66.7 Å². The van der Waals surface area contributed by atoms with E-state index in [0.717, 1.165) is 7.94 Å². The first-order chi connectivity index (χ1) is 19.6. The molecule has 0 atom stereocenters. The molecule has 0 saturated carbocycles. The summed E-state index contributed by atoms with van der Waals surface area (Å²) in [4.78, 5) is 14.3. The molecule has 41 heavy (non-hydrogen) atoms. The van der Waals surface area contributed by atoms with Crippen LogP contribution in [0.2, 0.25) is 5.02 Å². The predicted octanol–water partition coefficient (Wildman–Crippen LogP) is 5.96. The Bertz CT molecular complexity index is 2190. The average molecular weight is 605 g/mol. The number of aromatic nitrogens is 2. The first-order valence-electron chi connectivity index (χ1n) is 12.3. The van der Waals surface area contributed by atoms with Crippen molar-refractivity contribution in [3.63, 3.8) is 0 Å². The van der Waals surface area contributed by atoms with Crippen LogP contribution in [0.1, 0.15) is 16.2 Å². The molecular weight excluding hydrogens is 584 g/mol. The zero-order valence-corrected chi connectivity index (χ0v) is 23.8. The van der Waals surface area contributed by atoms with E-state index in [-0.39, 0.29) is 37.2 Å². The lowest BCUT2D eigenvalue weighted by atomic mass is 10.2. The number of carbonyl (C=O) groups excluding carboxylic acids is 1. The van der Waals surface area contributed by atoms with Gasteiger partial charge in [-0.3, -0.25) is 4.79 Å². The van der Waals surface area contributed by atoms with Crippen molar-refractivity contribution >= 4 is 59.2 Å². The van der Waals surface area contributed by atoms with Crippen molar-refractivity contribution in [3.8, 4) is 5.75 Å². The van der Waals surface area contributed by atoms with Crippen LogP contribution in [0.3, 0.4) is 0 Å². The molecule has 0 aliphatic rings. The van der Waals surface area contributed by atoms with Crippen molar-refractivity contribution in [2.45, 2.75) is 9.79 Å². The molecule has 0 N–H and O–H groups in total. The molecule has 0 amide bonds. The standard InChI is InChI=1S/C30H21ClN2O6S2/c1-39-21-15-16-26-20(17-21)18-28(32(26)40(35,36)22-9-4-2-5-10-22)30(34)29-19-24-25(31)13-8-14-27(24)33(29)41(37,38)23-11-6-3-7-12-23/h2-19H,1H3. The van der Waals surface area contributed by atoms with Gasteiger partial charge in [0.15, 0.2) is 0 Å². The molecule has 0 aliphatic carbocycles. The molecule has 0 bridgehead atoms. The van der Waals surface area contributed by atoms with Crippen molar-refractivity contribution < 1.29 is 26.4 Å². The highest BCUT2D eigenvalue weighted by atomic mass is 35.5. The summed E-state index contributed by atoms with van der Waals surface area (Å²) in [7, 11) is -7.13. The minimum atomic E-state index is -4.31. The third kappa shape index (κ3) is 4.31. The molecule has 8 nitrogen and oxygen atoms in total. The van der Waals surface area contributed by atoms with Gasteiger partial charge in [-0.1, -0.05) is 54.1 Å². The van der Waals surface area contributed by atoms with E-state index < -0.39 is 25.8 Å². The quantitative estimate of drug-likeness (QED) is 0.208. The summed E-state index contributed by atoms with van der Waals surface area (Å²) in [5.74, 6) is -0.371. The Hall–Kier alpha value is -4.38. The number of hydrogen-bond donors (Lipinski definition) is 0. The van der Waals surface area contributed by atoms with E-state index in [2.05, 4.69) is 0 Å². The molecule has 2 heterocycles. The number of fused-ring (bicyclic) bond motifs is 2. The van der Waals surface area contributed by atoms with Gasteiger partial charge >= 0.3 is 0 Å². The maximum Gasteiger partial charge on any atom is 0.268 e. The molecule has 0 unspecified atom stereocenters. The molecular formula is C30H21ClN2O6S2. The number of nitrogens with zero attached hydrogens (tertiary/aromatic N) is 2. The van der Waals surface area contributed by atoms with Gasteiger partial charge in [0, 0.05) is 15.8 Å². The van der Waals surface area contributed by atoms with Crippen LogP contribution in [-0.4, -0.2) is 37.7 Å². The van der Waals surface area contributed by atoms with Gasteiger partial charge in [0.1, 0.15) is 17.1 Å². The topological polar surface area (TPSA) is 104 Å². The van der Waals surface area contributed by atoms with E-state index in [1.165, 1.54) is 43.5 Å². The molecule has 4 aromatic carbocycles. The van der Waals surface area contributed by atoms with Crippen LogP contribution < -0.4 is 4.74 Å². The first-order valence-corrected chi connectivity index (χ1v) is 15.6. The number of benzene rings is 4. The van der Waals surface area contributed by atoms with Gasteiger partial charge in [-0.15, -0.1) is 0 Å². The summed E-state index contributed by atoms with van der Waals surface area (Å²) in [5.41, 5.74) is -0.110. The van der Waals surface area contributed by atoms with Crippen molar-refractivity contribution in [2.75, 3.05) is 7.11 Å². The lowest BCUT2D eigenvalue weighted by molar-refractivity contribution is 0.102. The second-order valence-electron chi connectivity index (χ2n) is 9.15. The predicted molar refractivity (Wildman–Crippen MR) is 157 cm³/mol. The monoisotopic (exact) mass is 604 g/mol. The van der Waals surface area contributed by atoms with Gasteiger partial charge in [0.25, 0.3) is 20.0 Å². The van der Waals surface area contributed by atoms with Crippen LogP contribution in [0.25, 0.3) is 21.8 Å². The van der Waals surface area contributed by atoms with Crippen LogP contribution in [0.4, 0.5) is 0 Å². The molecule has 6 rings (SSSR count). The smallest absolute Gasteiger partial charge is 0.268 e. The zero-order chi connectivity index (χ0) is 28.9. The molecule has 6 aromatic rings. The second kappa shape index (κ2) is 9.91. The van der Waals surface area contributed by atoms with E-state index in [1.807, 2.05) is 0 Å². The molecule has 0 saturated heterocycles. The first kappa shape index (κ1) is 26.8. The number of hydrogen-bond acceptors (Lipinski definition) is 6. The Labute approximate surface area is 241 Å². The second-order valence-corrected chi connectivity index (χ2v) is 13.1.